The van der Waals surface area contributed by atoms with Crippen LogP contribution in [0.25, 0.3) is 10.9 Å². The van der Waals surface area contributed by atoms with E-state index >= 15 is 0 Å². The van der Waals surface area contributed by atoms with E-state index in [1.807, 2.05) is 30.5 Å². The number of anilines is 1. The molecule has 0 unspecified atom stereocenters. The number of nitrogens with zero attached hydrogens (tertiary/aromatic N) is 1. The molecule has 0 saturated carbocycles. The summed E-state index contributed by atoms with van der Waals surface area (Å²) in [5.41, 5.74) is 2.46. The van der Waals surface area contributed by atoms with E-state index in [9.17, 15) is 13.2 Å². The zero-order valence-corrected chi connectivity index (χ0v) is 14.8. The van der Waals surface area contributed by atoms with Gasteiger partial charge in [-0.3, -0.25) is 4.79 Å². The Morgan fingerprint density at radius 3 is 2.44 bits per heavy atom. The summed E-state index contributed by atoms with van der Waals surface area (Å²) in [5.74, 6) is -0.159. The highest BCUT2D eigenvalue weighted by Gasteiger charge is 2.17. The third kappa shape index (κ3) is 3.57. The molecule has 2 N–H and O–H groups in total. The van der Waals surface area contributed by atoms with E-state index in [1.54, 1.807) is 12.1 Å². The summed E-state index contributed by atoms with van der Waals surface area (Å²) in [6, 6.07) is 13.9. The molecule has 1 aromatic heterocycles. The number of benzene rings is 2. The standard InChI is InChI=1S/C18H19N3O3S/c1-21(2)25(23,24)15-9-7-14(8-10-15)20-18(22)11-13-12-19-17-6-4-3-5-16(13)17/h3-10,12,19H,11H2,1-2H3,(H,20,22). The minimum atomic E-state index is -3.47. The first kappa shape index (κ1) is 17.2. The number of rotatable bonds is 5. The first-order chi connectivity index (χ1) is 11.9. The van der Waals surface area contributed by atoms with Crippen LogP contribution in [0.15, 0.2) is 59.6 Å². The molecule has 0 spiro atoms. The van der Waals surface area contributed by atoms with Crippen LogP contribution in [-0.2, 0) is 21.2 Å². The maximum absolute atomic E-state index is 12.3. The van der Waals surface area contributed by atoms with Gasteiger partial charge in [-0.1, -0.05) is 18.2 Å². The van der Waals surface area contributed by atoms with Crippen LogP contribution in [0.5, 0.6) is 0 Å². The normalized spacial score (nSPS) is 11.8. The summed E-state index contributed by atoms with van der Waals surface area (Å²) in [7, 11) is -0.514. The molecule has 1 amide bonds. The number of nitrogens with one attached hydrogen (secondary N) is 2. The molecular weight excluding hydrogens is 338 g/mol. The number of carbonyl (C=O) groups excluding carboxylic acids is 1. The van der Waals surface area contributed by atoms with Crippen molar-refractivity contribution in [1.82, 2.24) is 9.29 Å². The van der Waals surface area contributed by atoms with Gasteiger partial charge in [0.2, 0.25) is 15.9 Å². The van der Waals surface area contributed by atoms with E-state index in [1.165, 1.54) is 26.2 Å². The van der Waals surface area contributed by atoms with E-state index < -0.39 is 10.0 Å². The molecule has 1 heterocycles. The number of fused-ring (bicyclic) bond motifs is 1. The van der Waals surface area contributed by atoms with Gasteiger partial charge in [0.05, 0.1) is 11.3 Å². The summed E-state index contributed by atoms with van der Waals surface area (Å²) in [5, 5.41) is 3.81. The van der Waals surface area contributed by atoms with Crippen molar-refractivity contribution < 1.29 is 13.2 Å². The Hall–Kier alpha value is -2.64. The number of hydrogen-bond acceptors (Lipinski definition) is 3. The van der Waals surface area contributed by atoms with E-state index in [0.29, 0.717) is 5.69 Å². The van der Waals surface area contributed by atoms with Gasteiger partial charge in [0.15, 0.2) is 0 Å². The molecule has 0 fully saturated rings. The molecule has 0 aliphatic carbocycles. The first-order valence-electron chi connectivity index (χ1n) is 7.75. The number of para-hydroxylation sites is 1. The van der Waals surface area contributed by atoms with Gasteiger partial charge < -0.3 is 10.3 Å². The number of aromatic nitrogens is 1. The van der Waals surface area contributed by atoms with Crippen LogP contribution < -0.4 is 5.32 Å². The second kappa shape index (κ2) is 6.70. The molecule has 0 saturated heterocycles. The van der Waals surface area contributed by atoms with Gasteiger partial charge in [0.1, 0.15) is 0 Å². The Bertz CT molecular complexity index is 1010. The van der Waals surface area contributed by atoms with Crippen LogP contribution in [-0.4, -0.2) is 37.7 Å². The van der Waals surface area contributed by atoms with Gasteiger partial charge in [-0.2, -0.15) is 0 Å². The second-order valence-corrected chi connectivity index (χ2v) is 8.05. The van der Waals surface area contributed by atoms with E-state index in [2.05, 4.69) is 10.3 Å². The quantitative estimate of drug-likeness (QED) is 0.736. The third-order valence-corrected chi connectivity index (χ3v) is 5.77. The Morgan fingerprint density at radius 2 is 1.76 bits per heavy atom. The summed E-state index contributed by atoms with van der Waals surface area (Å²) in [6.07, 6.45) is 2.07. The molecule has 130 valence electrons. The molecule has 0 aliphatic heterocycles. The van der Waals surface area contributed by atoms with Crippen LogP contribution in [0.2, 0.25) is 0 Å². The Morgan fingerprint density at radius 1 is 1.08 bits per heavy atom. The van der Waals surface area contributed by atoms with Crippen LogP contribution in [0, 0.1) is 0 Å². The molecule has 3 rings (SSSR count). The fraction of sp³-hybridized carbons (Fsp3) is 0.167. The van der Waals surface area contributed by atoms with E-state index in [-0.39, 0.29) is 17.2 Å². The largest absolute Gasteiger partial charge is 0.361 e. The number of H-pyrrole nitrogens is 1. The molecule has 2 aromatic carbocycles. The predicted molar refractivity (Wildman–Crippen MR) is 97.9 cm³/mol. The van der Waals surface area contributed by atoms with Gasteiger partial charge in [0.25, 0.3) is 0 Å². The van der Waals surface area contributed by atoms with E-state index in [0.717, 1.165) is 20.8 Å². The summed E-state index contributed by atoms with van der Waals surface area (Å²) >= 11 is 0. The van der Waals surface area contributed by atoms with Crippen LogP contribution in [0.4, 0.5) is 5.69 Å². The van der Waals surface area contributed by atoms with Crippen molar-refractivity contribution in [3.8, 4) is 0 Å². The highest BCUT2D eigenvalue weighted by molar-refractivity contribution is 7.89. The monoisotopic (exact) mass is 357 g/mol. The second-order valence-electron chi connectivity index (χ2n) is 5.90. The van der Waals surface area contributed by atoms with Crippen molar-refractivity contribution in [3.63, 3.8) is 0 Å². The van der Waals surface area contributed by atoms with Crippen molar-refractivity contribution in [2.45, 2.75) is 11.3 Å². The van der Waals surface area contributed by atoms with Gasteiger partial charge in [-0.15, -0.1) is 0 Å². The molecular formula is C18H19N3O3S. The third-order valence-electron chi connectivity index (χ3n) is 3.94. The van der Waals surface area contributed by atoms with E-state index in [4.69, 9.17) is 0 Å². The maximum Gasteiger partial charge on any atom is 0.242 e. The average molecular weight is 357 g/mol. The molecule has 7 heteroatoms. The first-order valence-corrected chi connectivity index (χ1v) is 9.19. The highest BCUT2D eigenvalue weighted by atomic mass is 32.2. The maximum atomic E-state index is 12.3. The smallest absolute Gasteiger partial charge is 0.242 e. The van der Waals surface area contributed by atoms with Crippen molar-refractivity contribution in [3.05, 3.63) is 60.3 Å². The Balaban J connectivity index is 1.71. The average Bonchev–Trinajstić information content (AvgIpc) is 2.98. The zero-order chi connectivity index (χ0) is 18.0. The molecule has 6 nitrogen and oxygen atoms in total. The van der Waals surface area contributed by atoms with Gasteiger partial charge in [-0.25, -0.2) is 12.7 Å². The van der Waals surface area contributed by atoms with Crippen LogP contribution in [0.1, 0.15) is 5.56 Å². The molecule has 0 bridgehead atoms. The fourth-order valence-corrected chi connectivity index (χ4v) is 3.48. The number of hydrogen-bond donors (Lipinski definition) is 2. The topological polar surface area (TPSA) is 82.3 Å². The lowest BCUT2D eigenvalue weighted by Crippen LogP contribution is -2.22. The van der Waals surface area contributed by atoms with Crippen molar-refractivity contribution in [1.29, 1.82) is 0 Å². The minimum Gasteiger partial charge on any atom is -0.361 e. The fourth-order valence-electron chi connectivity index (χ4n) is 2.58. The number of aromatic amines is 1. The van der Waals surface area contributed by atoms with Gasteiger partial charge >= 0.3 is 0 Å². The van der Waals surface area contributed by atoms with Crippen molar-refractivity contribution in [2.75, 3.05) is 19.4 Å². The minimum absolute atomic E-state index is 0.159. The predicted octanol–water partition coefficient (Wildman–Crippen LogP) is 2.60. The van der Waals surface area contributed by atoms with Crippen LogP contribution in [0.3, 0.4) is 0 Å². The molecule has 0 radical (unpaired) electrons. The molecule has 25 heavy (non-hydrogen) atoms. The number of sulfonamides is 1. The van der Waals surface area contributed by atoms with Crippen molar-refractivity contribution in [2.24, 2.45) is 0 Å². The SMILES string of the molecule is CN(C)S(=O)(=O)c1ccc(NC(=O)Cc2c[nH]c3ccccc23)cc1. The van der Waals surface area contributed by atoms with Gasteiger partial charge in [0, 0.05) is 36.9 Å². The van der Waals surface area contributed by atoms with Gasteiger partial charge in [-0.05, 0) is 35.9 Å². The summed E-state index contributed by atoms with van der Waals surface area (Å²) in [6.45, 7) is 0. The lowest BCUT2D eigenvalue weighted by atomic mass is 10.1. The molecule has 0 aliphatic rings. The number of amides is 1. The molecule has 0 atom stereocenters. The zero-order valence-electron chi connectivity index (χ0n) is 14.0. The lowest BCUT2D eigenvalue weighted by molar-refractivity contribution is -0.115. The summed E-state index contributed by atoms with van der Waals surface area (Å²) < 4.78 is 25.2. The summed E-state index contributed by atoms with van der Waals surface area (Å²) in [4.78, 5) is 15.6. The Labute approximate surface area is 146 Å². The Kier molecular flexibility index (Phi) is 4.61. The molecule has 3 aromatic rings. The highest BCUT2D eigenvalue weighted by Crippen LogP contribution is 2.20. The van der Waals surface area contributed by atoms with Crippen LogP contribution >= 0.6 is 0 Å². The lowest BCUT2D eigenvalue weighted by Gasteiger charge is -2.12. The van der Waals surface area contributed by atoms with Crippen molar-refractivity contribution >= 4 is 32.5 Å². The number of carbonyl (C=O) groups is 1.